The SMILES string of the molecule is Cc1ccccc1C(NC(=O)C(C)C(C)N)C(C)(C)C. The Bertz CT molecular complexity index is 460. The largest absolute Gasteiger partial charge is 0.348 e. The van der Waals surface area contributed by atoms with Gasteiger partial charge in [0, 0.05) is 12.0 Å². The second-order valence-corrected chi connectivity index (χ2v) is 6.81. The van der Waals surface area contributed by atoms with Gasteiger partial charge in [0.1, 0.15) is 0 Å². The minimum absolute atomic E-state index is 0.0163. The summed E-state index contributed by atoms with van der Waals surface area (Å²) >= 11 is 0. The van der Waals surface area contributed by atoms with Gasteiger partial charge in [-0.05, 0) is 30.4 Å². The fourth-order valence-electron chi connectivity index (χ4n) is 2.18. The average Bonchev–Trinajstić information content (AvgIpc) is 2.34. The highest BCUT2D eigenvalue weighted by atomic mass is 16.2. The van der Waals surface area contributed by atoms with Crippen LogP contribution in [0, 0.1) is 18.3 Å². The summed E-state index contributed by atoms with van der Waals surface area (Å²) in [5, 5.41) is 3.18. The van der Waals surface area contributed by atoms with E-state index >= 15 is 0 Å². The van der Waals surface area contributed by atoms with Crippen LogP contribution in [-0.4, -0.2) is 11.9 Å². The number of carbonyl (C=O) groups is 1. The molecule has 1 rings (SSSR count). The maximum Gasteiger partial charge on any atom is 0.224 e. The molecular weight excluding hydrogens is 248 g/mol. The van der Waals surface area contributed by atoms with Crippen LogP contribution < -0.4 is 11.1 Å². The van der Waals surface area contributed by atoms with Crippen molar-refractivity contribution in [3.05, 3.63) is 35.4 Å². The van der Waals surface area contributed by atoms with Crippen LogP contribution in [0.1, 0.15) is 51.8 Å². The van der Waals surface area contributed by atoms with Gasteiger partial charge in [0.05, 0.1) is 6.04 Å². The maximum atomic E-state index is 12.3. The molecule has 0 radical (unpaired) electrons. The van der Waals surface area contributed by atoms with Crippen molar-refractivity contribution < 1.29 is 4.79 Å². The summed E-state index contributed by atoms with van der Waals surface area (Å²) in [6.45, 7) is 12.2. The number of hydrogen-bond acceptors (Lipinski definition) is 2. The molecule has 0 aliphatic rings. The predicted molar refractivity (Wildman–Crippen MR) is 84.3 cm³/mol. The van der Waals surface area contributed by atoms with Crippen LogP contribution in [-0.2, 0) is 4.79 Å². The quantitative estimate of drug-likeness (QED) is 0.887. The Labute approximate surface area is 122 Å². The van der Waals surface area contributed by atoms with Gasteiger partial charge in [-0.25, -0.2) is 0 Å². The molecule has 0 fully saturated rings. The Morgan fingerprint density at radius 2 is 1.75 bits per heavy atom. The van der Waals surface area contributed by atoms with E-state index in [1.54, 1.807) is 0 Å². The first-order chi connectivity index (χ1) is 9.14. The number of nitrogens with two attached hydrogens (primary N) is 1. The summed E-state index contributed by atoms with van der Waals surface area (Å²) in [7, 11) is 0. The Morgan fingerprint density at radius 3 is 2.20 bits per heavy atom. The summed E-state index contributed by atoms with van der Waals surface area (Å²) in [4.78, 5) is 12.3. The van der Waals surface area contributed by atoms with E-state index in [0.717, 1.165) is 0 Å². The first-order valence-corrected chi connectivity index (χ1v) is 7.26. The molecule has 1 aromatic carbocycles. The standard InChI is InChI=1S/C17H28N2O/c1-11-9-7-8-10-14(11)15(17(4,5)6)19-16(20)12(2)13(3)18/h7-10,12-13,15H,18H2,1-6H3,(H,19,20). The highest BCUT2D eigenvalue weighted by Gasteiger charge is 2.30. The van der Waals surface area contributed by atoms with Crippen LogP contribution in [0.25, 0.3) is 0 Å². The van der Waals surface area contributed by atoms with Gasteiger partial charge in [0.2, 0.25) is 5.91 Å². The van der Waals surface area contributed by atoms with Gasteiger partial charge in [-0.1, -0.05) is 52.0 Å². The number of hydrogen-bond donors (Lipinski definition) is 2. The van der Waals surface area contributed by atoms with E-state index in [4.69, 9.17) is 5.73 Å². The van der Waals surface area contributed by atoms with Gasteiger partial charge >= 0.3 is 0 Å². The van der Waals surface area contributed by atoms with E-state index in [0.29, 0.717) is 0 Å². The number of carbonyl (C=O) groups excluding carboxylic acids is 1. The molecule has 3 heteroatoms. The minimum atomic E-state index is -0.191. The van der Waals surface area contributed by atoms with E-state index in [2.05, 4.69) is 45.1 Å². The molecule has 112 valence electrons. The average molecular weight is 276 g/mol. The fraction of sp³-hybridized carbons (Fsp3) is 0.588. The summed E-state index contributed by atoms with van der Waals surface area (Å²) in [5.74, 6) is -0.174. The smallest absolute Gasteiger partial charge is 0.224 e. The lowest BCUT2D eigenvalue weighted by Gasteiger charge is -2.34. The van der Waals surface area contributed by atoms with E-state index < -0.39 is 0 Å². The molecule has 0 aromatic heterocycles. The summed E-state index contributed by atoms with van der Waals surface area (Å²) in [6, 6.07) is 8.04. The molecule has 1 amide bonds. The number of nitrogens with one attached hydrogen (secondary N) is 1. The molecule has 3 nitrogen and oxygen atoms in total. The molecule has 20 heavy (non-hydrogen) atoms. The van der Waals surface area contributed by atoms with Gasteiger partial charge in [-0.2, -0.15) is 0 Å². The van der Waals surface area contributed by atoms with Gasteiger partial charge in [0.25, 0.3) is 0 Å². The molecule has 3 N–H and O–H groups in total. The lowest BCUT2D eigenvalue weighted by atomic mass is 9.80. The van der Waals surface area contributed by atoms with Crippen molar-refractivity contribution in [2.45, 2.75) is 53.6 Å². The number of benzene rings is 1. The first kappa shape index (κ1) is 16.7. The zero-order valence-electron chi connectivity index (χ0n) is 13.5. The van der Waals surface area contributed by atoms with Crippen LogP contribution in [0.3, 0.4) is 0 Å². The number of amides is 1. The third kappa shape index (κ3) is 4.07. The molecule has 0 saturated carbocycles. The van der Waals surface area contributed by atoms with Crippen molar-refractivity contribution in [1.29, 1.82) is 0 Å². The van der Waals surface area contributed by atoms with Gasteiger partial charge in [0.15, 0.2) is 0 Å². The lowest BCUT2D eigenvalue weighted by molar-refractivity contribution is -0.126. The first-order valence-electron chi connectivity index (χ1n) is 7.26. The molecule has 0 aliphatic carbocycles. The molecule has 0 saturated heterocycles. The predicted octanol–water partition coefficient (Wildman–Crippen LogP) is 3.18. The van der Waals surface area contributed by atoms with Gasteiger partial charge in [-0.15, -0.1) is 0 Å². The fourth-order valence-corrected chi connectivity index (χ4v) is 2.18. The van der Waals surface area contributed by atoms with E-state index in [1.807, 2.05) is 26.0 Å². The number of rotatable bonds is 4. The van der Waals surface area contributed by atoms with Crippen LogP contribution in [0.15, 0.2) is 24.3 Å². The van der Waals surface area contributed by atoms with Crippen molar-refractivity contribution in [3.8, 4) is 0 Å². The third-order valence-electron chi connectivity index (χ3n) is 3.85. The van der Waals surface area contributed by atoms with Crippen LogP contribution in [0.4, 0.5) is 0 Å². The normalized spacial score (nSPS) is 16.4. The highest BCUT2D eigenvalue weighted by molar-refractivity contribution is 5.79. The second-order valence-electron chi connectivity index (χ2n) is 6.81. The van der Waals surface area contributed by atoms with Crippen molar-refractivity contribution in [1.82, 2.24) is 5.32 Å². The summed E-state index contributed by atoms with van der Waals surface area (Å²) in [5.41, 5.74) is 8.14. The Balaban J connectivity index is 3.05. The van der Waals surface area contributed by atoms with Crippen molar-refractivity contribution in [3.63, 3.8) is 0 Å². The monoisotopic (exact) mass is 276 g/mol. The van der Waals surface area contributed by atoms with Crippen molar-refractivity contribution >= 4 is 5.91 Å². The molecule has 0 aliphatic heterocycles. The van der Waals surface area contributed by atoms with E-state index in [-0.39, 0.29) is 29.3 Å². The molecular formula is C17H28N2O. The highest BCUT2D eigenvalue weighted by Crippen LogP contribution is 2.34. The van der Waals surface area contributed by atoms with Gasteiger partial charge < -0.3 is 11.1 Å². The lowest BCUT2D eigenvalue weighted by Crippen LogP contribution is -2.43. The molecule has 0 spiro atoms. The van der Waals surface area contributed by atoms with Crippen molar-refractivity contribution in [2.75, 3.05) is 0 Å². The molecule has 0 heterocycles. The molecule has 3 unspecified atom stereocenters. The topological polar surface area (TPSA) is 55.1 Å². The minimum Gasteiger partial charge on any atom is -0.348 e. The van der Waals surface area contributed by atoms with Crippen LogP contribution in [0.2, 0.25) is 0 Å². The zero-order chi connectivity index (χ0) is 15.5. The van der Waals surface area contributed by atoms with Crippen LogP contribution in [0.5, 0.6) is 0 Å². The Hall–Kier alpha value is -1.35. The van der Waals surface area contributed by atoms with Crippen molar-refractivity contribution in [2.24, 2.45) is 17.1 Å². The second kappa shape index (κ2) is 6.40. The maximum absolute atomic E-state index is 12.3. The zero-order valence-corrected chi connectivity index (χ0v) is 13.5. The Morgan fingerprint density at radius 1 is 1.20 bits per heavy atom. The summed E-state index contributed by atoms with van der Waals surface area (Å²) < 4.78 is 0. The molecule has 0 bridgehead atoms. The molecule has 3 atom stereocenters. The summed E-state index contributed by atoms with van der Waals surface area (Å²) in [6.07, 6.45) is 0. The van der Waals surface area contributed by atoms with Gasteiger partial charge in [-0.3, -0.25) is 4.79 Å². The van der Waals surface area contributed by atoms with Crippen LogP contribution >= 0.6 is 0 Å². The van der Waals surface area contributed by atoms with E-state index in [1.165, 1.54) is 11.1 Å². The van der Waals surface area contributed by atoms with E-state index in [9.17, 15) is 4.79 Å². The molecule has 1 aromatic rings. The number of aryl methyl sites for hydroxylation is 1. The Kier molecular flexibility index (Phi) is 5.35. The third-order valence-corrected chi connectivity index (χ3v) is 3.85.